The van der Waals surface area contributed by atoms with E-state index in [2.05, 4.69) is 5.32 Å². The molecule has 0 aromatic rings. The van der Waals surface area contributed by atoms with E-state index >= 15 is 0 Å². The van der Waals surface area contributed by atoms with Gasteiger partial charge in [-0.25, -0.2) is 0 Å². The second-order valence-corrected chi connectivity index (χ2v) is 3.29. The first kappa shape index (κ1) is 13.4. The van der Waals surface area contributed by atoms with E-state index in [-0.39, 0.29) is 12.7 Å². The number of carbonyl (C=O) groups is 1. The van der Waals surface area contributed by atoms with E-state index in [1.165, 1.54) is 7.11 Å². The highest BCUT2D eigenvalue weighted by Crippen LogP contribution is 1.94. The van der Waals surface area contributed by atoms with Gasteiger partial charge in [0, 0.05) is 7.11 Å². The van der Waals surface area contributed by atoms with Crippen molar-refractivity contribution in [3.05, 3.63) is 0 Å². The summed E-state index contributed by atoms with van der Waals surface area (Å²) < 4.78 is 4.75. The van der Waals surface area contributed by atoms with E-state index in [9.17, 15) is 4.79 Å². The molecule has 0 bridgehead atoms. The summed E-state index contributed by atoms with van der Waals surface area (Å²) in [5.41, 5.74) is 0. The van der Waals surface area contributed by atoms with Gasteiger partial charge in [-0.05, 0) is 26.3 Å². The largest absolute Gasteiger partial charge is 0.480 e. The number of aliphatic hydroxyl groups excluding tert-OH is 1. The third kappa shape index (κ3) is 6.82. The Balaban J connectivity index is 3.56. The van der Waals surface area contributed by atoms with Crippen molar-refractivity contribution < 1.29 is 19.7 Å². The minimum absolute atomic E-state index is 0.157. The fraction of sp³-hybridized carbons (Fsp3) is 0.889. The molecule has 0 aromatic heterocycles. The second-order valence-electron chi connectivity index (χ2n) is 3.29. The van der Waals surface area contributed by atoms with Gasteiger partial charge in [0.1, 0.15) is 6.04 Å². The Bertz CT molecular complexity index is 161. The Labute approximate surface area is 84.1 Å². The number of methoxy groups -OCH3 is 1. The summed E-state index contributed by atoms with van der Waals surface area (Å²) in [5, 5.41) is 20.5. The molecule has 5 heteroatoms. The van der Waals surface area contributed by atoms with Gasteiger partial charge < -0.3 is 20.3 Å². The zero-order chi connectivity index (χ0) is 11.0. The van der Waals surface area contributed by atoms with Crippen molar-refractivity contribution in [2.24, 2.45) is 0 Å². The lowest BCUT2D eigenvalue weighted by Crippen LogP contribution is -2.40. The van der Waals surface area contributed by atoms with Crippen LogP contribution in [0.4, 0.5) is 0 Å². The number of ether oxygens (including phenoxy) is 1. The van der Waals surface area contributed by atoms with Crippen molar-refractivity contribution in [3.63, 3.8) is 0 Å². The summed E-state index contributed by atoms with van der Waals surface area (Å²) in [6, 6.07) is -0.658. The molecule has 0 saturated heterocycles. The van der Waals surface area contributed by atoms with Crippen LogP contribution in [0.2, 0.25) is 0 Å². The molecule has 2 atom stereocenters. The fourth-order valence-electron chi connectivity index (χ4n) is 1.06. The number of carboxylic acids is 1. The molecular formula is C9H19NO4. The van der Waals surface area contributed by atoms with E-state index in [1.807, 2.05) is 0 Å². The highest BCUT2D eigenvalue weighted by atomic mass is 16.5. The molecule has 5 nitrogen and oxygen atoms in total. The second kappa shape index (κ2) is 7.73. The average Bonchev–Trinajstić information content (AvgIpc) is 2.09. The molecule has 0 radical (unpaired) electrons. The van der Waals surface area contributed by atoms with E-state index in [1.54, 1.807) is 6.92 Å². The van der Waals surface area contributed by atoms with Gasteiger partial charge in [0.25, 0.3) is 0 Å². The first-order valence-electron chi connectivity index (χ1n) is 4.71. The first-order chi connectivity index (χ1) is 6.57. The molecule has 0 amide bonds. The van der Waals surface area contributed by atoms with Crippen LogP contribution in [0, 0.1) is 0 Å². The highest BCUT2D eigenvalue weighted by molar-refractivity contribution is 5.73. The monoisotopic (exact) mass is 205 g/mol. The van der Waals surface area contributed by atoms with Gasteiger partial charge in [-0.2, -0.15) is 0 Å². The van der Waals surface area contributed by atoms with Gasteiger partial charge in [0.2, 0.25) is 0 Å². The van der Waals surface area contributed by atoms with Gasteiger partial charge in [-0.15, -0.1) is 0 Å². The van der Waals surface area contributed by atoms with Crippen molar-refractivity contribution in [1.29, 1.82) is 0 Å². The van der Waals surface area contributed by atoms with Crippen LogP contribution in [-0.2, 0) is 9.53 Å². The first-order valence-corrected chi connectivity index (χ1v) is 4.71. The Kier molecular flexibility index (Phi) is 7.37. The number of carboxylic acid groups (broad SMARTS) is 1. The SMILES string of the molecule is COCC(NCCCC(C)O)C(=O)O. The lowest BCUT2D eigenvalue weighted by atomic mass is 10.2. The van der Waals surface area contributed by atoms with Crippen molar-refractivity contribution in [1.82, 2.24) is 5.32 Å². The number of rotatable bonds is 8. The summed E-state index contributed by atoms with van der Waals surface area (Å²) >= 11 is 0. The number of hydrogen-bond donors (Lipinski definition) is 3. The Morgan fingerprint density at radius 2 is 2.21 bits per heavy atom. The van der Waals surface area contributed by atoms with Crippen LogP contribution in [0.25, 0.3) is 0 Å². The van der Waals surface area contributed by atoms with Crippen LogP contribution in [0.3, 0.4) is 0 Å². The van der Waals surface area contributed by atoms with E-state index in [4.69, 9.17) is 14.9 Å². The number of aliphatic hydroxyl groups is 1. The zero-order valence-corrected chi connectivity index (χ0v) is 8.69. The maximum Gasteiger partial charge on any atom is 0.323 e. The maximum absolute atomic E-state index is 10.6. The number of hydrogen-bond acceptors (Lipinski definition) is 4. The van der Waals surface area contributed by atoms with E-state index < -0.39 is 12.0 Å². The van der Waals surface area contributed by atoms with Crippen molar-refractivity contribution in [2.45, 2.75) is 31.9 Å². The predicted octanol–water partition coefficient (Wildman–Crippen LogP) is -0.163. The average molecular weight is 205 g/mol. The third-order valence-electron chi connectivity index (χ3n) is 1.82. The third-order valence-corrected chi connectivity index (χ3v) is 1.82. The Morgan fingerprint density at radius 1 is 1.57 bits per heavy atom. The molecule has 0 aliphatic rings. The van der Waals surface area contributed by atoms with Crippen molar-refractivity contribution in [3.8, 4) is 0 Å². The van der Waals surface area contributed by atoms with E-state index in [0.29, 0.717) is 13.0 Å². The lowest BCUT2D eigenvalue weighted by Gasteiger charge is -2.13. The topological polar surface area (TPSA) is 78.8 Å². The summed E-state index contributed by atoms with van der Waals surface area (Å²) in [6.07, 6.45) is 1.10. The van der Waals surface area contributed by atoms with Crippen molar-refractivity contribution >= 4 is 5.97 Å². The molecule has 0 aliphatic heterocycles. The zero-order valence-electron chi connectivity index (χ0n) is 8.69. The molecule has 0 fully saturated rings. The normalized spacial score (nSPS) is 15.1. The van der Waals surface area contributed by atoms with Crippen LogP contribution in [-0.4, -0.2) is 48.6 Å². The van der Waals surface area contributed by atoms with Gasteiger partial charge in [0.15, 0.2) is 0 Å². The molecule has 0 aromatic carbocycles. The molecule has 0 saturated carbocycles. The van der Waals surface area contributed by atoms with Gasteiger partial charge in [-0.3, -0.25) is 4.79 Å². The van der Waals surface area contributed by atoms with Crippen LogP contribution in [0.1, 0.15) is 19.8 Å². The molecule has 0 heterocycles. The van der Waals surface area contributed by atoms with E-state index in [0.717, 1.165) is 6.42 Å². The molecule has 2 unspecified atom stereocenters. The lowest BCUT2D eigenvalue weighted by molar-refractivity contribution is -0.140. The van der Waals surface area contributed by atoms with Crippen LogP contribution >= 0.6 is 0 Å². The number of aliphatic carboxylic acids is 1. The minimum atomic E-state index is -0.913. The fourth-order valence-corrected chi connectivity index (χ4v) is 1.06. The van der Waals surface area contributed by atoms with Gasteiger partial charge in [0.05, 0.1) is 12.7 Å². The molecule has 0 spiro atoms. The smallest absolute Gasteiger partial charge is 0.323 e. The minimum Gasteiger partial charge on any atom is -0.480 e. The van der Waals surface area contributed by atoms with Gasteiger partial charge >= 0.3 is 5.97 Å². The molecule has 84 valence electrons. The maximum atomic E-state index is 10.6. The summed E-state index contributed by atoms with van der Waals surface area (Å²) in [6.45, 7) is 2.44. The van der Waals surface area contributed by atoms with Crippen molar-refractivity contribution in [2.75, 3.05) is 20.3 Å². The van der Waals surface area contributed by atoms with Crippen LogP contribution in [0.5, 0.6) is 0 Å². The highest BCUT2D eigenvalue weighted by Gasteiger charge is 2.15. The van der Waals surface area contributed by atoms with Crippen LogP contribution in [0.15, 0.2) is 0 Å². The quantitative estimate of drug-likeness (QED) is 0.480. The van der Waals surface area contributed by atoms with Gasteiger partial charge in [-0.1, -0.05) is 0 Å². The molecule has 0 rings (SSSR count). The summed E-state index contributed by atoms with van der Waals surface area (Å²) in [4.78, 5) is 10.6. The standard InChI is InChI=1S/C9H19NO4/c1-7(11)4-3-5-10-8(6-14-2)9(12)13/h7-8,10-11H,3-6H2,1-2H3,(H,12,13). The van der Waals surface area contributed by atoms with Crippen LogP contribution < -0.4 is 5.32 Å². The summed E-state index contributed by atoms with van der Waals surface area (Å²) in [7, 11) is 1.47. The number of nitrogens with one attached hydrogen (secondary N) is 1. The predicted molar refractivity (Wildman–Crippen MR) is 52.2 cm³/mol. The molecule has 0 aliphatic carbocycles. The Morgan fingerprint density at radius 3 is 2.64 bits per heavy atom. The molecule has 14 heavy (non-hydrogen) atoms. The molecule has 3 N–H and O–H groups in total. The summed E-state index contributed by atoms with van der Waals surface area (Å²) in [5.74, 6) is -0.913. The Hall–Kier alpha value is -0.650. The molecular weight excluding hydrogens is 186 g/mol.